The maximum absolute atomic E-state index is 13.1. The number of hydrogen-bond donors (Lipinski definition) is 2. The van der Waals surface area contributed by atoms with Gasteiger partial charge in [-0.15, -0.1) is 11.3 Å². The predicted octanol–water partition coefficient (Wildman–Crippen LogP) is 3.98. The van der Waals surface area contributed by atoms with Crippen molar-refractivity contribution in [3.8, 4) is 0 Å². The third-order valence-corrected chi connectivity index (χ3v) is 7.03. The van der Waals surface area contributed by atoms with Crippen LogP contribution in [0, 0.1) is 23.7 Å². The number of esters is 1. The fraction of sp³-hybridized carbons (Fsp3) is 0.348. The van der Waals surface area contributed by atoms with Crippen LogP contribution < -0.4 is 5.32 Å². The molecule has 0 spiro atoms. The van der Waals surface area contributed by atoms with Gasteiger partial charge in [-0.3, -0.25) is 9.59 Å². The molecule has 1 aromatic heterocycles. The zero-order valence-corrected chi connectivity index (χ0v) is 17.4. The molecule has 0 radical (unpaired) electrons. The number of anilines is 1. The summed E-state index contributed by atoms with van der Waals surface area (Å²) in [4.78, 5) is 38.2. The second kappa shape index (κ2) is 8.44. The lowest BCUT2D eigenvalue weighted by Gasteiger charge is -2.41. The summed E-state index contributed by atoms with van der Waals surface area (Å²) in [5.41, 5.74) is 1.39. The summed E-state index contributed by atoms with van der Waals surface area (Å²) >= 11 is 1.32. The van der Waals surface area contributed by atoms with E-state index >= 15 is 0 Å². The van der Waals surface area contributed by atoms with Crippen molar-refractivity contribution in [3.05, 3.63) is 64.6 Å². The highest BCUT2D eigenvalue weighted by atomic mass is 32.1. The van der Waals surface area contributed by atoms with Crippen molar-refractivity contribution in [1.82, 2.24) is 0 Å². The predicted molar refractivity (Wildman–Crippen MR) is 114 cm³/mol. The van der Waals surface area contributed by atoms with E-state index in [0.29, 0.717) is 17.0 Å². The summed E-state index contributed by atoms with van der Waals surface area (Å²) in [6.07, 6.45) is 6.11. The van der Waals surface area contributed by atoms with Crippen molar-refractivity contribution in [3.63, 3.8) is 0 Å². The number of allylic oxidation sites excluding steroid dienone is 2. The van der Waals surface area contributed by atoms with Gasteiger partial charge in [-0.2, -0.15) is 0 Å². The van der Waals surface area contributed by atoms with Crippen LogP contribution in [0.1, 0.15) is 33.6 Å². The summed E-state index contributed by atoms with van der Waals surface area (Å²) < 4.78 is 4.89. The monoisotopic (exact) mass is 425 g/mol. The Morgan fingerprint density at radius 3 is 2.37 bits per heavy atom. The van der Waals surface area contributed by atoms with Gasteiger partial charge in [-0.05, 0) is 36.3 Å². The van der Waals surface area contributed by atoms with E-state index < -0.39 is 23.8 Å². The minimum Gasteiger partial charge on any atom is -0.481 e. The van der Waals surface area contributed by atoms with Crippen molar-refractivity contribution >= 4 is 34.2 Å². The number of ether oxygens (including phenoxy) is 1. The van der Waals surface area contributed by atoms with E-state index in [1.807, 2.05) is 42.5 Å². The molecule has 1 aromatic carbocycles. The number of amides is 1. The number of nitrogens with one attached hydrogen (secondary N) is 1. The fourth-order valence-electron chi connectivity index (χ4n) is 4.56. The zero-order valence-electron chi connectivity index (χ0n) is 16.5. The largest absolute Gasteiger partial charge is 0.481 e. The number of fused-ring (bicyclic) bond motifs is 2. The molecule has 2 aromatic rings. The number of carbonyl (C=O) groups is 3. The van der Waals surface area contributed by atoms with Gasteiger partial charge in [0.2, 0.25) is 5.91 Å². The topological polar surface area (TPSA) is 92.7 Å². The summed E-state index contributed by atoms with van der Waals surface area (Å²) in [5.74, 6) is -3.42. The Hall–Kier alpha value is -2.93. The molecular weight excluding hydrogens is 402 g/mol. The normalized spacial score (nSPS) is 24.4. The molecule has 6 nitrogen and oxygen atoms in total. The highest BCUT2D eigenvalue weighted by molar-refractivity contribution is 7.16. The summed E-state index contributed by atoms with van der Waals surface area (Å²) in [7, 11) is 1.30. The summed E-state index contributed by atoms with van der Waals surface area (Å²) in [6.45, 7) is 0. The molecule has 1 heterocycles. The maximum atomic E-state index is 13.1. The SMILES string of the molecule is COC(=O)c1cc(Cc2ccccc2)sc1NC(=O)[C@@H]1[C@@H](C(=O)O)[C@H]2C=C[C@H]1CC2. The third kappa shape index (κ3) is 3.89. The van der Waals surface area contributed by atoms with Crippen LogP contribution in [0.15, 0.2) is 48.6 Å². The number of aliphatic carboxylic acids is 1. The molecule has 1 fully saturated rings. The average Bonchev–Trinajstić information content (AvgIpc) is 3.15. The molecule has 1 saturated carbocycles. The molecule has 0 unspecified atom stereocenters. The fourth-order valence-corrected chi connectivity index (χ4v) is 5.65. The van der Waals surface area contributed by atoms with E-state index in [4.69, 9.17) is 4.74 Å². The maximum Gasteiger partial charge on any atom is 0.340 e. The minimum absolute atomic E-state index is 0.0959. The number of methoxy groups -OCH3 is 1. The van der Waals surface area contributed by atoms with Gasteiger partial charge in [0, 0.05) is 11.3 Å². The van der Waals surface area contributed by atoms with E-state index in [1.165, 1.54) is 18.4 Å². The highest BCUT2D eigenvalue weighted by Gasteiger charge is 2.48. The molecule has 4 atom stereocenters. The first-order chi connectivity index (χ1) is 14.5. The van der Waals surface area contributed by atoms with Crippen molar-refractivity contribution in [2.24, 2.45) is 23.7 Å². The van der Waals surface area contributed by atoms with E-state index in [2.05, 4.69) is 5.32 Å². The minimum atomic E-state index is -0.946. The Balaban J connectivity index is 1.60. The molecule has 3 aliphatic rings. The van der Waals surface area contributed by atoms with Crippen molar-refractivity contribution in [1.29, 1.82) is 0 Å². The molecule has 3 aliphatic carbocycles. The molecule has 0 saturated heterocycles. The highest BCUT2D eigenvalue weighted by Crippen LogP contribution is 2.45. The summed E-state index contributed by atoms with van der Waals surface area (Å²) in [6, 6.07) is 11.6. The molecule has 7 heteroatoms. The molecule has 5 rings (SSSR count). The van der Waals surface area contributed by atoms with E-state index in [-0.39, 0.29) is 17.7 Å². The van der Waals surface area contributed by atoms with Gasteiger partial charge in [0.25, 0.3) is 0 Å². The van der Waals surface area contributed by atoms with Gasteiger partial charge in [0.15, 0.2) is 0 Å². The Morgan fingerprint density at radius 2 is 1.77 bits per heavy atom. The van der Waals surface area contributed by atoms with Gasteiger partial charge in [0.1, 0.15) is 5.00 Å². The van der Waals surface area contributed by atoms with Crippen LogP contribution in [0.2, 0.25) is 0 Å². The first-order valence-corrected chi connectivity index (χ1v) is 10.8. The van der Waals surface area contributed by atoms with Gasteiger partial charge in [0.05, 0.1) is 24.5 Å². The lowest BCUT2D eigenvalue weighted by Crippen LogP contribution is -2.47. The third-order valence-electron chi connectivity index (χ3n) is 5.98. The Labute approximate surface area is 178 Å². The van der Waals surface area contributed by atoms with Crippen LogP contribution in [-0.2, 0) is 20.7 Å². The number of benzene rings is 1. The molecule has 30 heavy (non-hydrogen) atoms. The van der Waals surface area contributed by atoms with Crippen LogP contribution in [0.3, 0.4) is 0 Å². The molecular formula is C23H23NO5S. The number of thiophene rings is 1. The van der Waals surface area contributed by atoms with Gasteiger partial charge in [-0.1, -0.05) is 42.5 Å². The lowest BCUT2D eigenvalue weighted by molar-refractivity contribution is -0.151. The molecule has 156 valence electrons. The van der Waals surface area contributed by atoms with Gasteiger partial charge >= 0.3 is 11.9 Å². The number of carboxylic acid groups (broad SMARTS) is 1. The van der Waals surface area contributed by atoms with E-state index in [0.717, 1.165) is 23.3 Å². The number of hydrogen-bond acceptors (Lipinski definition) is 5. The Bertz CT molecular complexity index is 996. The van der Waals surface area contributed by atoms with Crippen LogP contribution >= 0.6 is 11.3 Å². The van der Waals surface area contributed by atoms with Crippen molar-refractivity contribution in [2.75, 3.05) is 12.4 Å². The van der Waals surface area contributed by atoms with Crippen LogP contribution in [0.25, 0.3) is 0 Å². The second-order valence-corrected chi connectivity index (χ2v) is 8.92. The summed E-state index contributed by atoms with van der Waals surface area (Å²) in [5, 5.41) is 13.0. The molecule has 0 aliphatic heterocycles. The number of carboxylic acids is 1. The van der Waals surface area contributed by atoms with Gasteiger partial charge < -0.3 is 15.2 Å². The first kappa shape index (κ1) is 20.3. The van der Waals surface area contributed by atoms with Crippen molar-refractivity contribution < 1.29 is 24.2 Å². The average molecular weight is 426 g/mol. The Kier molecular flexibility index (Phi) is 5.72. The number of rotatable bonds is 6. The second-order valence-electron chi connectivity index (χ2n) is 7.78. The Morgan fingerprint density at radius 1 is 1.10 bits per heavy atom. The van der Waals surface area contributed by atoms with Crippen LogP contribution in [0.5, 0.6) is 0 Å². The zero-order chi connectivity index (χ0) is 21.3. The van der Waals surface area contributed by atoms with Crippen LogP contribution in [0.4, 0.5) is 5.00 Å². The smallest absolute Gasteiger partial charge is 0.340 e. The molecule has 2 N–H and O–H groups in total. The van der Waals surface area contributed by atoms with Crippen molar-refractivity contribution in [2.45, 2.75) is 19.3 Å². The molecule has 2 bridgehead atoms. The first-order valence-electron chi connectivity index (χ1n) is 9.95. The van der Waals surface area contributed by atoms with Crippen LogP contribution in [-0.4, -0.2) is 30.1 Å². The van der Waals surface area contributed by atoms with Gasteiger partial charge in [-0.25, -0.2) is 4.79 Å². The van der Waals surface area contributed by atoms with E-state index in [1.54, 1.807) is 6.07 Å². The van der Waals surface area contributed by atoms with E-state index in [9.17, 15) is 19.5 Å². The quantitative estimate of drug-likeness (QED) is 0.540. The standard InChI is InChI=1S/C23H23NO5S/c1-29-23(28)17-12-16(11-13-5-3-2-4-6-13)30-21(17)24-20(25)18-14-7-9-15(10-8-14)19(18)22(26)27/h2-7,9,12,14-15,18-19H,8,10-11H2,1H3,(H,24,25)(H,26,27)/t14-,15-,18-,19-/m0/s1. The number of carbonyl (C=O) groups excluding carboxylic acids is 2. The lowest BCUT2D eigenvalue weighted by atomic mass is 9.62. The molecule has 1 amide bonds.